The number of nitrogens with zero attached hydrogens (tertiary/aromatic N) is 1. The Morgan fingerprint density at radius 1 is 1.46 bits per heavy atom. The van der Waals surface area contributed by atoms with Crippen LogP contribution in [0.25, 0.3) is 0 Å². The molecule has 2 rings (SSSR count). The van der Waals surface area contributed by atoms with Gasteiger partial charge in [-0.2, -0.15) is 0 Å². The number of nitrogens with one attached hydrogen (secondary N) is 1. The van der Waals surface area contributed by atoms with Crippen molar-refractivity contribution in [2.75, 3.05) is 17.7 Å². The van der Waals surface area contributed by atoms with E-state index < -0.39 is 32.7 Å². The van der Waals surface area contributed by atoms with E-state index in [0.29, 0.717) is 5.69 Å². The van der Waals surface area contributed by atoms with Crippen LogP contribution < -0.4 is 10.4 Å². The zero-order chi connectivity index (χ0) is 18.1. The summed E-state index contributed by atoms with van der Waals surface area (Å²) in [7, 11) is -3.86. The lowest BCUT2D eigenvalue weighted by Gasteiger charge is -2.26. The number of cyclic esters (lactones) is 1. The molecule has 1 aromatic rings. The number of sulfone groups is 1. The third kappa shape index (κ3) is 3.55. The maximum atomic E-state index is 12.0. The molecule has 0 bridgehead atoms. The molecule has 0 aromatic heterocycles. The molecule has 0 radical (unpaired) electrons. The maximum Gasteiger partial charge on any atom is 0.414 e. The fraction of sp³-hybridized carbons (Fsp3) is 0.429. The molecular weight excluding hydrogens is 404 g/mol. The average Bonchev–Trinajstić information content (AvgIpc) is 2.86. The molecule has 0 unspecified atom stereocenters. The third-order valence-corrected chi connectivity index (χ3v) is 6.55. The van der Waals surface area contributed by atoms with Gasteiger partial charge in [-0.3, -0.25) is 14.9 Å². The van der Waals surface area contributed by atoms with Crippen LogP contribution in [-0.2, 0) is 19.4 Å². The first-order valence-electron chi connectivity index (χ1n) is 6.96. The van der Waals surface area contributed by atoms with E-state index in [1.54, 1.807) is 24.3 Å². The highest BCUT2D eigenvalue weighted by molar-refractivity contribution is 9.10. The van der Waals surface area contributed by atoms with Gasteiger partial charge in [0, 0.05) is 22.8 Å². The van der Waals surface area contributed by atoms with Gasteiger partial charge < -0.3 is 4.74 Å². The summed E-state index contributed by atoms with van der Waals surface area (Å²) in [5.41, 5.74) is 1.96. The zero-order valence-corrected chi connectivity index (χ0v) is 15.4. The molecule has 2 N–H and O–H groups in total. The van der Waals surface area contributed by atoms with E-state index >= 15 is 0 Å². The van der Waals surface area contributed by atoms with Crippen LogP contribution >= 0.6 is 15.9 Å². The fourth-order valence-electron chi connectivity index (χ4n) is 2.42. The molecule has 132 valence electrons. The van der Waals surface area contributed by atoms with Crippen molar-refractivity contribution in [1.82, 2.24) is 5.48 Å². The monoisotopic (exact) mass is 420 g/mol. The number of halogens is 1. The largest absolute Gasteiger partial charge is 0.444 e. The smallest absolute Gasteiger partial charge is 0.414 e. The molecular formula is C14H17BrN2O6S. The van der Waals surface area contributed by atoms with Crippen molar-refractivity contribution >= 4 is 43.5 Å². The molecule has 1 heterocycles. The minimum Gasteiger partial charge on any atom is -0.444 e. The normalized spacial score (nSPS) is 20.4. The van der Waals surface area contributed by atoms with E-state index in [-0.39, 0.29) is 13.0 Å². The highest BCUT2D eigenvalue weighted by atomic mass is 79.9. The first kappa shape index (κ1) is 18.7. The Kier molecular flexibility index (Phi) is 5.21. The van der Waals surface area contributed by atoms with E-state index in [1.807, 2.05) is 0 Å². The van der Waals surface area contributed by atoms with Crippen molar-refractivity contribution in [3.05, 3.63) is 28.7 Å². The summed E-state index contributed by atoms with van der Waals surface area (Å²) in [5.74, 6) is -1.07. The minimum absolute atomic E-state index is 0.101. The fourth-order valence-corrected chi connectivity index (χ4v) is 3.56. The Balaban J connectivity index is 2.21. The minimum atomic E-state index is -3.86. The lowest BCUT2D eigenvalue weighted by atomic mass is 10.0. The molecule has 24 heavy (non-hydrogen) atoms. The van der Waals surface area contributed by atoms with Gasteiger partial charge in [0.2, 0.25) is 0 Å². The Morgan fingerprint density at radius 3 is 2.54 bits per heavy atom. The molecule has 0 saturated carbocycles. The zero-order valence-electron chi connectivity index (χ0n) is 13.0. The van der Waals surface area contributed by atoms with Crippen LogP contribution in [0.2, 0.25) is 0 Å². The summed E-state index contributed by atoms with van der Waals surface area (Å²) in [4.78, 5) is 25.2. The molecule has 1 aliphatic heterocycles. The standard InChI is InChI=1S/C14H17BrN2O6S/c1-14(12(18)16-20,24(2,21)22)7-11-8-17(13(19)23-11)10-5-3-9(15)4-6-10/h3-6,11,20H,7-8H2,1-2H3,(H,16,18)/t11-,14+/m0/s1. The highest BCUT2D eigenvalue weighted by Crippen LogP contribution is 2.30. The number of carbonyl (C=O) groups excluding carboxylic acids is 2. The highest BCUT2D eigenvalue weighted by Gasteiger charge is 2.48. The first-order chi connectivity index (χ1) is 11.1. The second-order valence-electron chi connectivity index (χ2n) is 5.74. The van der Waals surface area contributed by atoms with Crippen molar-refractivity contribution in [2.24, 2.45) is 0 Å². The van der Waals surface area contributed by atoms with Gasteiger partial charge in [0.25, 0.3) is 5.91 Å². The number of carbonyl (C=O) groups is 2. The molecule has 8 nitrogen and oxygen atoms in total. The van der Waals surface area contributed by atoms with Crippen LogP contribution in [0.3, 0.4) is 0 Å². The van der Waals surface area contributed by atoms with Gasteiger partial charge in [-0.05, 0) is 31.2 Å². The van der Waals surface area contributed by atoms with E-state index in [9.17, 15) is 18.0 Å². The SMILES string of the molecule is C[C@@](C[C@H]1CN(c2ccc(Br)cc2)C(=O)O1)(C(=O)NO)S(C)(=O)=O. The van der Waals surface area contributed by atoms with Crippen molar-refractivity contribution in [2.45, 2.75) is 24.2 Å². The van der Waals surface area contributed by atoms with Gasteiger partial charge in [-0.1, -0.05) is 15.9 Å². The Morgan fingerprint density at radius 2 is 2.04 bits per heavy atom. The summed E-state index contributed by atoms with van der Waals surface area (Å²) in [6.45, 7) is 1.29. The van der Waals surface area contributed by atoms with Crippen molar-refractivity contribution in [1.29, 1.82) is 0 Å². The third-order valence-electron chi connectivity index (χ3n) is 4.03. The summed E-state index contributed by atoms with van der Waals surface area (Å²) in [6, 6.07) is 6.94. The predicted molar refractivity (Wildman–Crippen MR) is 89.6 cm³/mol. The Bertz CT molecular complexity index is 751. The van der Waals surface area contributed by atoms with Crippen LogP contribution in [0, 0.1) is 0 Å². The summed E-state index contributed by atoms with van der Waals surface area (Å²) in [6.07, 6.45) is -0.802. The summed E-state index contributed by atoms with van der Waals surface area (Å²) >= 11 is 3.30. The van der Waals surface area contributed by atoms with Crippen LogP contribution in [0.15, 0.2) is 28.7 Å². The first-order valence-corrected chi connectivity index (χ1v) is 9.65. The van der Waals surface area contributed by atoms with Crippen molar-refractivity contribution < 1.29 is 28.0 Å². The van der Waals surface area contributed by atoms with Gasteiger partial charge >= 0.3 is 6.09 Å². The van der Waals surface area contributed by atoms with Gasteiger partial charge in [-0.15, -0.1) is 0 Å². The second kappa shape index (κ2) is 6.69. The number of ether oxygens (including phenoxy) is 1. The number of hydrogen-bond acceptors (Lipinski definition) is 6. The number of anilines is 1. The number of hydroxylamine groups is 1. The molecule has 1 aromatic carbocycles. The van der Waals surface area contributed by atoms with Crippen LogP contribution in [0.5, 0.6) is 0 Å². The topological polar surface area (TPSA) is 113 Å². The lowest BCUT2D eigenvalue weighted by molar-refractivity contribution is -0.132. The van der Waals surface area contributed by atoms with Gasteiger partial charge in [0.05, 0.1) is 6.54 Å². The van der Waals surface area contributed by atoms with Crippen molar-refractivity contribution in [3.63, 3.8) is 0 Å². The molecule has 0 aliphatic carbocycles. The summed E-state index contributed by atoms with van der Waals surface area (Å²) < 4.78 is 28.1. The molecule has 1 aliphatic rings. The predicted octanol–water partition coefficient (Wildman–Crippen LogP) is 1.47. The van der Waals surface area contributed by atoms with E-state index in [0.717, 1.165) is 10.7 Å². The maximum absolute atomic E-state index is 12.0. The number of hydrogen-bond donors (Lipinski definition) is 2. The van der Waals surface area contributed by atoms with Gasteiger partial charge in [0.1, 0.15) is 6.10 Å². The second-order valence-corrected chi connectivity index (χ2v) is 9.10. The van der Waals surface area contributed by atoms with Crippen LogP contribution in [-0.4, -0.2) is 49.3 Å². The lowest BCUT2D eigenvalue weighted by Crippen LogP contribution is -2.51. The van der Waals surface area contributed by atoms with Gasteiger partial charge in [-0.25, -0.2) is 18.7 Å². The molecule has 1 fully saturated rings. The number of benzene rings is 1. The Hall–Kier alpha value is -1.65. The van der Waals surface area contributed by atoms with Gasteiger partial charge in [0.15, 0.2) is 14.6 Å². The quantitative estimate of drug-likeness (QED) is 0.550. The van der Waals surface area contributed by atoms with Crippen LogP contribution in [0.4, 0.5) is 10.5 Å². The van der Waals surface area contributed by atoms with Crippen LogP contribution in [0.1, 0.15) is 13.3 Å². The average molecular weight is 421 g/mol. The van der Waals surface area contributed by atoms with E-state index in [2.05, 4.69) is 15.9 Å². The summed E-state index contributed by atoms with van der Waals surface area (Å²) in [5, 5.41) is 8.83. The molecule has 1 saturated heterocycles. The van der Waals surface area contributed by atoms with Crippen molar-refractivity contribution in [3.8, 4) is 0 Å². The van der Waals surface area contributed by atoms with E-state index in [1.165, 1.54) is 17.3 Å². The molecule has 2 atom stereocenters. The molecule has 0 spiro atoms. The molecule has 10 heteroatoms. The Labute approximate surface area is 147 Å². The molecule has 2 amide bonds. The van der Waals surface area contributed by atoms with E-state index in [4.69, 9.17) is 9.94 Å². The number of rotatable bonds is 5. The number of amides is 2.